The van der Waals surface area contributed by atoms with Crippen molar-refractivity contribution in [1.29, 1.82) is 0 Å². The molecule has 0 saturated carbocycles. The molecule has 23 heavy (non-hydrogen) atoms. The van der Waals surface area contributed by atoms with E-state index < -0.39 is 0 Å². The van der Waals surface area contributed by atoms with Crippen molar-refractivity contribution < 1.29 is 0 Å². The highest BCUT2D eigenvalue weighted by molar-refractivity contribution is 6.30. The van der Waals surface area contributed by atoms with E-state index in [4.69, 9.17) is 11.6 Å². The molecule has 1 aliphatic rings. The van der Waals surface area contributed by atoms with Crippen molar-refractivity contribution >= 4 is 11.6 Å². The summed E-state index contributed by atoms with van der Waals surface area (Å²) in [5.74, 6) is 7.32. The average molecular weight is 324 g/mol. The van der Waals surface area contributed by atoms with E-state index in [1.54, 1.807) is 0 Å². The molecule has 0 aromatic heterocycles. The molecule has 0 amide bonds. The van der Waals surface area contributed by atoms with Crippen LogP contribution < -0.4 is 0 Å². The minimum absolute atomic E-state index is 0.764. The molecule has 1 nitrogen and oxygen atoms in total. The molecule has 1 fully saturated rings. The summed E-state index contributed by atoms with van der Waals surface area (Å²) in [5, 5.41) is 0.764. The minimum Gasteiger partial charge on any atom is -0.299 e. The summed E-state index contributed by atoms with van der Waals surface area (Å²) >= 11 is 5.88. The minimum atomic E-state index is 0.764. The van der Waals surface area contributed by atoms with Gasteiger partial charge in [-0.3, -0.25) is 4.90 Å². The monoisotopic (exact) mass is 323 g/mol. The summed E-state index contributed by atoms with van der Waals surface area (Å²) < 4.78 is 0. The number of benzene rings is 2. The van der Waals surface area contributed by atoms with Crippen LogP contribution in [0.15, 0.2) is 54.6 Å². The highest BCUT2D eigenvalue weighted by Crippen LogP contribution is 2.22. The smallest absolute Gasteiger partial charge is 0.0406 e. The molecule has 0 aliphatic carbocycles. The van der Waals surface area contributed by atoms with Gasteiger partial charge in [0.2, 0.25) is 0 Å². The Morgan fingerprint density at radius 2 is 1.83 bits per heavy atom. The molecule has 3 rings (SSSR count). The van der Waals surface area contributed by atoms with Crippen molar-refractivity contribution in [2.24, 2.45) is 5.92 Å². The van der Waals surface area contributed by atoms with Gasteiger partial charge >= 0.3 is 0 Å². The Kier molecular flexibility index (Phi) is 5.75. The van der Waals surface area contributed by atoms with Crippen molar-refractivity contribution in [3.63, 3.8) is 0 Å². The van der Waals surface area contributed by atoms with Gasteiger partial charge in [0.25, 0.3) is 0 Å². The molecule has 2 aromatic carbocycles. The lowest BCUT2D eigenvalue weighted by molar-refractivity contribution is 0.314. The Labute approximate surface area is 144 Å². The van der Waals surface area contributed by atoms with E-state index in [0.717, 1.165) is 29.5 Å². The molecule has 2 heteroatoms. The molecule has 118 valence electrons. The molecular formula is C21H22ClN. The van der Waals surface area contributed by atoms with Crippen molar-refractivity contribution in [1.82, 2.24) is 4.90 Å². The molecule has 1 unspecified atom stereocenters. The lowest BCUT2D eigenvalue weighted by Gasteiger charge is -2.15. The van der Waals surface area contributed by atoms with Crippen LogP contribution in [-0.4, -0.2) is 18.0 Å². The van der Waals surface area contributed by atoms with Crippen molar-refractivity contribution in [3.8, 4) is 11.8 Å². The number of hydrogen-bond acceptors (Lipinski definition) is 1. The Morgan fingerprint density at radius 3 is 2.61 bits per heavy atom. The molecule has 1 atom stereocenters. The first-order valence-electron chi connectivity index (χ1n) is 8.30. The Balaban J connectivity index is 1.41. The first-order chi connectivity index (χ1) is 11.3. The summed E-state index contributed by atoms with van der Waals surface area (Å²) in [6.45, 7) is 3.50. The molecule has 0 bridgehead atoms. The van der Waals surface area contributed by atoms with Gasteiger partial charge in [-0.05, 0) is 55.1 Å². The quantitative estimate of drug-likeness (QED) is 0.716. The van der Waals surface area contributed by atoms with Gasteiger partial charge in [0.1, 0.15) is 0 Å². The topological polar surface area (TPSA) is 3.24 Å². The van der Waals surface area contributed by atoms with E-state index >= 15 is 0 Å². The zero-order chi connectivity index (χ0) is 15.9. The van der Waals surface area contributed by atoms with Gasteiger partial charge in [-0.2, -0.15) is 0 Å². The van der Waals surface area contributed by atoms with E-state index in [-0.39, 0.29) is 0 Å². The first-order valence-corrected chi connectivity index (χ1v) is 8.68. The predicted molar refractivity (Wildman–Crippen MR) is 97.4 cm³/mol. The zero-order valence-corrected chi connectivity index (χ0v) is 14.1. The van der Waals surface area contributed by atoms with Gasteiger partial charge in [0.15, 0.2) is 0 Å². The number of rotatable bonds is 4. The van der Waals surface area contributed by atoms with Crippen molar-refractivity contribution in [3.05, 3.63) is 70.7 Å². The number of hydrogen-bond donors (Lipinski definition) is 0. The normalized spacial score (nSPS) is 17.7. The van der Waals surface area contributed by atoms with E-state index in [2.05, 4.69) is 47.1 Å². The van der Waals surface area contributed by atoms with Crippen LogP contribution in [0.5, 0.6) is 0 Å². The highest BCUT2D eigenvalue weighted by Gasteiger charge is 2.21. The third kappa shape index (κ3) is 5.13. The summed E-state index contributed by atoms with van der Waals surface area (Å²) in [7, 11) is 0. The van der Waals surface area contributed by atoms with Crippen LogP contribution in [0.25, 0.3) is 0 Å². The third-order valence-electron chi connectivity index (χ3n) is 4.37. The molecule has 1 aliphatic heterocycles. The number of nitrogens with zero attached hydrogens (tertiary/aromatic N) is 1. The lowest BCUT2D eigenvalue weighted by Crippen LogP contribution is -2.20. The SMILES string of the molecule is Clc1ccc(C#CCCC2CCN(Cc3ccccc3)C2)cc1. The lowest BCUT2D eigenvalue weighted by atomic mass is 10.0. The van der Waals surface area contributed by atoms with Crippen LogP contribution in [0.1, 0.15) is 30.4 Å². The fraction of sp³-hybridized carbons (Fsp3) is 0.333. The fourth-order valence-corrected chi connectivity index (χ4v) is 3.23. The van der Waals surface area contributed by atoms with Crippen LogP contribution in [-0.2, 0) is 6.54 Å². The van der Waals surface area contributed by atoms with Gasteiger partial charge in [-0.1, -0.05) is 53.8 Å². The third-order valence-corrected chi connectivity index (χ3v) is 4.63. The predicted octanol–water partition coefficient (Wildman–Crippen LogP) is 4.99. The standard InChI is InChI=1S/C21H22ClN/c22-21-12-10-18(11-13-21)6-4-5-9-20-14-15-23(17-20)16-19-7-2-1-3-8-19/h1-3,7-8,10-13,20H,5,9,14-17H2. The summed E-state index contributed by atoms with van der Waals surface area (Å²) in [6.07, 6.45) is 3.48. The van der Waals surface area contributed by atoms with E-state index in [1.807, 2.05) is 24.3 Å². The second-order valence-electron chi connectivity index (χ2n) is 6.22. The van der Waals surface area contributed by atoms with Gasteiger partial charge in [-0.25, -0.2) is 0 Å². The molecule has 0 N–H and O–H groups in total. The first kappa shape index (κ1) is 16.1. The summed E-state index contributed by atoms with van der Waals surface area (Å²) in [6, 6.07) is 18.5. The molecule has 1 heterocycles. The maximum atomic E-state index is 5.88. The molecule has 1 saturated heterocycles. The largest absolute Gasteiger partial charge is 0.299 e. The van der Waals surface area contributed by atoms with Gasteiger partial charge < -0.3 is 0 Å². The molecular weight excluding hydrogens is 302 g/mol. The maximum Gasteiger partial charge on any atom is 0.0406 e. The van der Waals surface area contributed by atoms with E-state index in [1.165, 1.54) is 31.5 Å². The van der Waals surface area contributed by atoms with Crippen LogP contribution in [0.2, 0.25) is 5.02 Å². The second-order valence-corrected chi connectivity index (χ2v) is 6.66. The van der Waals surface area contributed by atoms with Gasteiger partial charge in [0, 0.05) is 30.1 Å². The maximum absolute atomic E-state index is 5.88. The van der Waals surface area contributed by atoms with Crippen molar-refractivity contribution in [2.75, 3.05) is 13.1 Å². The highest BCUT2D eigenvalue weighted by atomic mass is 35.5. The molecule has 2 aromatic rings. The van der Waals surface area contributed by atoms with Crippen molar-refractivity contribution in [2.45, 2.75) is 25.8 Å². The zero-order valence-electron chi connectivity index (χ0n) is 13.3. The summed E-state index contributed by atoms with van der Waals surface area (Å²) in [5.41, 5.74) is 2.46. The average Bonchev–Trinajstić information content (AvgIpc) is 3.02. The molecule has 0 radical (unpaired) electrons. The number of likely N-dealkylation sites (tertiary alicyclic amines) is 1. The van der Waals surface area contributed by atoms with Crippen LogP contribution in [0, 0.1) is 17.8 Å². The second kappa shape index (κ2) is 8.20. The van der Waals surface area contributed by atoms with Crippen LogP contribution >= 0.6 is 11.6 Å². The van der Waals surface area contributed by atoms with Crippen LogP contribution in [0.3, 0.4) is 0 Å². The Morgan fingerprint density at radius 1 is 1.04 bits per heavy atom. The van der Waals surface area contributed by atoms with Crippen LogP contribution in [0.4, 0.5) is 0 Å². The van der Waals surface area contributed by atoms with Gasteiger partial charge in [0.05, 0.1) is 0 Å². The van der Waals surface area contributed by atoms with Gasteiger partial charge in [-0.15, -0.1) is 0 Å². The van der Waals surface area contributed by atoms with E-state index in [9.17, 15) is 0 Å². The summed E-state index contributed by atoms with van der Waals surface area (Å²) in [4.78, 5) is 2.56. The fourth-order valence-electron chi connectivity index (χ4n) is 3.11. The Hall–Kier alpha value is -1.75. The van der Waals surface area contributed by atoms with E-state index in [0.29, 0.717) is 0 Å². The number of halogens is 1. The Bertz CT molecular complexity index is 666. The molecule has 0 spiro atoms.